The number of benzene rings is 2. The predicted molar refractivity (Wildman–Crippen MR) is 150 cm³/mol. The van der Waals surface area contributed by atoms with Crippen molar-refractivity contribution in [1.82, 2.24) is 29.2 Å². The molecule has 1 saturated carbocycles. The van der Waals surface area contributed by atoms with Gasteiger partial charge < -0.3 is 15.0 Å². The molecule has 2 N–H and O–H groups in total. The molecular formula is C30H31F2N7O. The number of nitrogens with two attached hydrogens (primary N) is 1. The first kappa shape index (κ1) is 25.1. The van der Waals surface area contributed by atoms with E-state index in [1.165, 1.54) is 12.4 Å². The maximum Gasteiger partial charge on any atom is 0.164 e. The molecule has 0 bridgehead atoms. The highest BCUT2D eigenvalue weighted by molar-refractivity contribution is 6.00. The summed E-state index contributed by atoms with van der Waals surface area (Å²) < 4.78 is 37.5. The minimum absolute atomic E-state index is 0.234. The molecule has 1 aliphatic carbocycles. The molecule has 1 saturated heterocycles. The van der Waals surface area contributed by atoms with Gasteiger partial charge in [0, 0.05) is 47.4 Å². The van der Waals surface area contributed by atoms with Crippen molar-refractivity contribution in [2.24, 2.45) is 0 Å². The number of nitrogen functional groups attached to an aromatic ring is 1. The van der Waals surface area contributed by atoms with Crippen molar-refractivity contribution in [2.75, 3.05) is 32.0 Å². The lowest BCUT2D eigenvalue weighted by Gasteiger charge is -2.38. The van der Waals surface area contributed by atoms with Gasteiger partial charge in [0.2, 0.25) is 0 Å². The lowest BCUT2D eigenvalue weighted by atomic mass is 9.90. The van der Waals surface area contributed by atoms with Crippen molar-refractivity contribution in [3.05, 3.63) is 72.2 Å². The Morgan fingerprint density at radius 1 is 0.925 bits per heavy atom. The second kappa shape index (κ2) is 10.3. The molecule has 0 unspecified atom stereocenters. The van der Waals surface area contributed by atoms with Crippen molar-refractivity contribution in [3.8, 4) is 11.3 Å². The fourth-order valence-corrected chi connectivity index (χ4v) is 6.40. The third-order valence-corrected chi connectivity index (χ3v) is 8.49. The number of rotatable bonds is 5. The highest BCUT2D eigenvalue weighted by atomic mass is 19.1. The van der Waals surface area contributed by atoms with Crippen molar-refractivity contribution >= 4 is 27.8 Å². The van der Waals surface area contributed by atoms with Crippen LogP contribution in [0.3, 0.4) is 0 Å². The minimum Gasteiger partial charge on any atom is -0.383 e. The first-order valence-electron chi connectivity index (χ1n) is 13.9. The molecule has 40 heavy (non-hydrogen) atoms. The van der Waals surface area contributed by atoms with Gasteiger partial charge in [-0.3, -0.25) is 4.90 Å². The fourth-order valence-electron chi connectivity index (χ4n) is 6.40. The monoisotopic (exact) mass is 543 g/mol. The van der Waals surface area contributed by atoms with Crippen LogP contribution < -0.4 is 5.73 Å². The molecule has 0 spiro atoms. The molecule has 2 fully saturated rings. The molecule has 2 aliphatic rings. The van der Waals surface area contributed by atoms with Gasteiger partial charge in [-0.25, -0.2) is 23.4 Å². The van der Waals surface area contributed by atoms with Crippen LogP contribution in [-0.4, -0.2) is 61.6 Å². The molecule has 10 heteroatoms. The number of morpholine rings is 1. The van der Waals surface area contributed by atoms with Crippen LogP contribution in [0.5, 0.6) is 0 Å². The molecule has 4 heterocycles. The molecule has 5 aromatic rings. The van der Waals surface area contributed by atoms with Gasteiger partial charge in [-0.05, 0) is 62.1 Å². The fraction of sp³-hybridized carbons (Fsp3) is 0.367. The number of fused-ring (bicyclic) bond motifs is 2. The maximum atomic E-state index is 14.3. The van der Waals surface area contributed by atoms with E-state index in [0.717, 1.165) is 97.3 Å². The summed E-state index contributed by atoms with van der Waals surface area (Å²) in [7, 11) is 0. The molecule has 206 valence electrons. The van der Waals surface area contributed by atoms with Crippen molar-refractivity contribution < 1.29 is 13.5 Å². The molecule has 2 aromatic carbocycles. The van der Waals surface area contributed by atoms with E-state index in [2.05, 4.69) is 25.6 Å². The van der Waals surface area contributed by atoms with Gasteiger partial charge in [0.25, 0.3) is 0 Å². The van der Waals surface area contributed by atoms with Crippen LogP contribution >= 0.6 is 0 Å². The number of anilines is 1. The number of halogens is 2. The second-order valence-electron chi connectivity index (χ2n) is 10.8. The van der Waals surface area contributed by atoms with Crippen LogP contribution in [0.1, 0.15) is 37.3 Å². The van der Waals surface area contributed by atoms with Crippen molar-refractivity contribution in [2.45, 2.75) is 44.3 Å². The first-order valence-corrected chi connectivity index (χ1v) is 13.9. The summed E-state index contributed by atoms with van der Waals surface area (Å²) in [6, 6.07) is 12.4. The molecule has 7 rings (SSSR count). The third-order valence-electron chi connectivity index (χ3n) is 8.49. The van der Waals surface area contributed by atoms with E-state index in [0.29, 0.717) is 17.4 Å². The van der Waals surface area contributed by atoms with Crippen LogP contribution in [0, 0.1) is 11.6 Å². The maximum absolute atomic E-state index is 14.3. The zero-order chi connectivity index (χ0) is 27.2. The van der Waals surface area contributed by atoms with Crippen LogP contribution in [-0.2, 0) is 11.3 Å². The summed E-state index contributed by atoms with van der Waals surface area (Å²) in [5.74, 6) is -0.467. The van der Waals surface area contributed by atoms with E-state index in [1.54, 1.807) is 0 Å². The molecule has 8 nitrogen and oxygen atoms in total. The normalized spacial score (nSPS) is 20.4. The zero-order valence-electron chi connectivity index (χ0n) is 22.1. The van der Waals surface area contributed by atoms with E-state index in [-0.39, 0.29) is 12.6 Å². The predicted octanol–water partition coefficient (Wildman–Crippen LogP) is 5.17. The molecule has 1 aliphatic heterocycles. The Morgan fingerprint density at radius 2 is 1.73 bits per heavy atom. The van der Waals surface area contributed by atoms with Gasteiger partial charge in [0.05, 0.1) is 31.2 Å². The van der Waals surface area contributed by atoms with Gasteiger partial charge in [-0.2, -0.15) is 5.10 Å². The summed E-state index contributed by atoms with van der Waals surface area (Å²) in [5.41, 5.74) is 10.0. The minimum atomic E-state index is -0.452. The Kier molecular flexibility index (Phi) is 6.44. The van der Waals surface area contributed by atoms with Crippen LogP contribution in [0.25, 0.3) is 33.2 Å². The van der Waals surface area contributed by atoms with Crippen LogP contribution in [0.2, 0.25) is 0 Å². The Bertz CT molecular complexity index is 1680. The highest BCUT2D eigenvalue weighted by Crippen LogP contribution is 2.37. The second-order valence-corrected chi connectivity index (χ2v) is 10.8. The number of hydrogen-bond donors (Lipinski definition) is 1. The van der Waals surface area contributed by atoms with Gasteiger partial charge in [0.1, 0.15) is 29.5 Å². The third kappa shape index (κ3) is 4.50. The highest BCUT2D eigenvalue weighted by Gasteiger charge is 2.30. The van der Waals surface area contributed by atoms with Gasteiger partial charge >= 0.3 is 0 Å². The summed E-state index contributed by atoms with van der Waals surface area (Å²) >= 11 is 0. The Hall–Kier alpha value is -3.89. The standard InChI is InChI=1S/C30H31F2N7O/c31-22-2-7-25(32)21(16-22)17-38-10-9-19-15-20(1-8-26(19)38)28-27-29(33)34-18-35-30(27)39(36-28)24-5-3-23(4-6-24)37-11-13-40-14-12-37/h1-2,7-10,15-16,18,23-24H,3-6,11-14,17H2,(H2,33,34,35). The number of ether oxygens (including phenoxy) is 1. The molecular weight excluding hydrogens is 512 g/mol. The summed E-state index contributed by atoms with van der Waals surface area (Å²) in [5, 5.41) is 6.82. The van der Waals surface area contributed by atoms with E-state index >= 15 is 0 Å². The molecule has 0 amide bonds. The summed E-state index contributed by atoms with van der Waals surface area (Å²) in [6.07, 6.45) is 7.69. The lowest BCUT2D eigenvalue weighted by molar-refractivity contribution is 0.00520. The average molecular weight is 544 g/mol. The quantitative estimate of drug-likeness (QED) is 0.329. The summed E-state index contributed by atoms with van der Waals surface area (Å²) in [6.45, 7) is 3.89. The Morgan fingerprint density at radius 3 is 2.55 bits per heavy atom. The van der Waals surface area contributed by atoms with E-state index in [4.69, 9.17) is 15.6 Å². The Balaban J connectivity index is 1.20. The summed E-state index contributed by atoms with van der Waals surface area (Å²) in [4.78, 5) is 11.5. The van der Waals surface area contributed by atoms with E-state index in [1.807, 2.05) is 29.0 Å². The van der Waals surface area contributed by atoms with E-state index < -0.39 is 11.6 Å². The topological polar surface area (TPSA) is 87.0 Å². The smallest absolute Gasteiger partial charge is 0.164 e. The number of aromatic nitrogens is 5. The molecule has 0 radical (unpaired) electrons. The number of hydrogen-bond acceptors (Lipinski definition) is 6. The first-order chi connectivity index (χ1) is 19.5. The van der Waals surface area contributed by atoms with Gasteiger partial charge in [0.15, 0.2) is 5.65 Å². The van der Waals surface area contributed by atoms with E-state index in [9.17, 15) is 8.78 Å². The Labute approximate surface area is 230 Å². The zero-order valence-corrected chi connectivity index (χ0v) is 22.1. The van der Waals surface area contributed by atoms with Gasteiger partial charge in [-0.1, -0.05) is 6.07 Å². The van der Waals surface area contributed by atoms with Crippen LogP contribution in [0.4, 0.5) is 14.6 Å². The average Bonchev–Trinajstić information content (AvgIpc) is 3.58. The molecule has 0 atom stereocenters. The van der Waals surface area contributed by atoms with Crippen molar-refractivity contribution in [1.29, 1.82) is 0 Å². The van der Waals surface area contributed by atoms with Crippen molar-refractivity contribution in [3.63, 3.8) is 0 Å². The lowest BCUT2D eigenvalue weighted by Crippen LogP contribution is -2.45. The largest absolute Gasteiger partial charge is 0.383 e. The van der Waals surface area contributed by atoms with Gasteiger partial charge in [-0.15, -0.1) is 0 Å². The number of nitrogens with zero attached hydrogens (tertiary/aromatic N) is 6. The van der Waals surface area contributed by atoms with Crippen LogP contribution in [0.15, 0.2) is 55.0 Å². The SMILES string of the molecule is Nc1ncnc2c1c(-c1ccc3c(ccn3Cc3cc(F)ccc3F)c1)nn2C1CCC(N2CCOCC2)CC1. The molecule has 3 aromatic heterocycles.